The van der Waals surface area contributed by atoms with Crippen molar-refractivity contribution in [2.24, 2.45) is 0 Å². The molecule has 1 aromatic heterocycles. The molecule has 0 unspecified atom stereocenters. The summed E-state index contributed by atoms with van der Waals surface area (Å²) in [5.74, 6) is 0.424. The van der Waals surface area contributed by atoms with Crippen molar-refractivity contribution in [1.29, 1.82) is 0 Å². The molecule has 1 saturated heterocycles. The first-order chi connectivity index (χ1) is 17.9. The Hall–Kier alpha value is -2.72. The van der Waals surface area contributed by atoms with Gasteiger partial charge in [0.15, 0.2) is 0 Å². The number of piperidine rings is 1. The van der Waals surface area contributed by atoms with Gasteiger partial charge in [-0.3, -0.25) is 4.79 Å². The number of benzene rings is 2. The van der Waals surface area contributed by atoms with Gasteiger partial charge in [-0.05, 0) is 68.3 Å². The fraction of sp³-hybridized carbons (Fsp3) is 0.393. The molecule has 1 fully saturated rings. The molecule has 0 atom stereocenters. The number of carbonyl (C=O) groups is 1. The van der Waals surface area contributed by atoms with E-state index in [-0.39, 0.29) is 12.5 Å². The van der Waals surface area contributed by atoms with Crippen molar-refractivity contribution in [3.8, 4) is 5.75 Å². The van der Waals surface area contributed by atoms with Gasteiger partial charge in [-0.15, -0.1) is 11.3 Å². The zero-order valence-electron chi connectivity index (χ0n) is 21.4. The average molecular weight is 542 g/mol. The predicted molar refractivity (Wildman–Crippen MR) is 149 cm³/mol. The summed E-state index contributed by atoms with van der Waals surface area (Å²) in [7, 11) is -2.00. The van der Waals surface area contributed by atoms with Crippen molar-refractivity contribution in [2.75, 3.05) is 31.6 Å². The number of hydrogen-bond acceptors (Lipinski definition) is 6. The maximum atomic E-state index is 13.5. The first-order valence-corrected chi connectivity index (χ1v) is 15.0. The average Bonchev–Trinajstić information content (AvgIpc) is 3.42. The number of unbranched alkanes of at least 4 members (excludes halogenated alkanes) is 1. The van der Waals surface area contributed by atoms with E-state index in [1.807, 2.05) is 36.4 Å². The van der Waals surface area contributed by atoms with Crippen molar-refractivity contribution in [3.05, 3.63) is 77.2 Å². The molecule has 2 aromatic carbocycles. The molecule has 37 heavy (non-hydrogen) atoms. The standard InChI is InChI=1S/C28H35N3O4S2/c1-3-4-17-29-23-15-18-30(19-16-23)37(33,34)27-14-13-26(36-27)21-31(24-10-6-5-7-11-24)28(32)22-9-8-12-25(20-22)35-2/h5-14,20,23,29H,3-4,15-19,21H2,1-2H3. The summed E-state index contributed by atoms with van der Waals surface area (Å²) in [5, 5.41) is 3.54. The summed E-state index contributed by atoms with van der Waals surface area (Å²) >= 11 is 1.23. The molecular weight excluding hydrogens is 506 g/mol. The molecule has 2 heterocycles. The molecule has 198 valence electrons. The number of rotatable bonds is 11. The number of anilines is 1. The lowest BCUT2D eigenvalue weighted by atomic mass is 10.1. The van der Waals surface area contributed by atoms with Crippen LogP contribution in [0.25, 0.3) is 0 Å². The fourth-order valence-corrected chi connectivity index (χ4v) is 7.42. The van der Waals surface area contributed by atoms with Crippen LogP contribution >= 0.6 is 11.3 Å². The van der Waals surface area contributed by atoms with Crippen LogP contribution in [0.1, 0.15) is 47.8 Å². The molecule has 4 rings (SSSR count). The number of para-hydroxylation sites is 1. The number of thiophene rings is 1. The number of hydrogen-bond donors (Lipinski definition) is 1. The first-order valence-electron chi connectivity index (χ1n) is 12.8. The lowest BCUT2D eigenvalue weighted by molar-refractivity contribution is 0.0985. The molecule has 0 spiro atoms. The Kier molecular flexibility index (Phi) is 9.37. The summed E-state index contributed by atoms with van der Waals surface area (Å²) < 4.78 is 34.0. The lowest BCUT2D eigenvalue weighted by Crippen LogP contribution is -2.44. The van der Waals surface area contributed by atoms with Crippen LogP contribution in [0.4, 0.5) is 5.69 Å². The molecule has 0 bridgehead atoms. The molecule has 1 aliphatic heterocycles. The number of methoxy groups -OCH3 is 1. The highest BCUT2D eigenvalue weighted by molar-refractivity contribution is 7.91. The molecule has 3 aromatic rings. The van der Waals surface area contributed by atoms with E-state index in [0.717, 1.165) is 42.8 Å². The van der Waals surface area contributed by atoms with Crippen molar-refractivity contribution >= 4 is 33.0 Å². The second-order valence-corrected chi connectivity index (χ2v) is 12.5. The number of nitrogens with zero attached hydrogens (tertiary/aromatic N) is 2. The van der Waals surface area contributed by atoms with Crippen molar-refractivity contribution in [1.82, 2.24) is 9.62 Å². The molecule has 7 nitrogen and oxygen atoms in total. The topological polar surface area (TPSA) is 79.0 Å². The van der Waals surface area contributed by atoms with Gasteiger partial charge in [0.05, 0.1) is 13.7 Å². The predicted octanol–water partition coefficient (Wildman–Crippen LogP) is 5.15. The van der Waals surface area contributed by atoms with E-state index in [1.165, 1.54) is 11.3 Å². The number of sulfonamides is 1. The highest BCUT2D eigenvalue weighted by Crippen LogP contribution is 2.30. The lowest BCUT2D eigenvalue weighted by Gasteiger charge is -2.31. The molecule has 9 heteroatoms. The minimum Gasteiger partial charge on any atom is -0.497 e. The minimum absolute atomic E-state index is 0.180. The van der Waals surface area contributed by atoms with E-state index >= 15 is 0 Å². The minimum atomic E-state index is -3.57. The van der Waals surface area contributed by atoms with Gasteiger partial charge in [-0.25, -0.2) is 8.42 Å². The van der Waals surface area contributed by atoms with Gasteiger partial charge in [0.2, 0.25) is 0 Å². The van der Waals surface area contributed by atoms with Gasteiger partial charge in [0.25, 0.3) is 15.9 Å². The summed E-state index contributed by atoms with van der Waals surface area (Å²) in [4.78, 5) is 16.0. The van der Waals surface area contributed by atoms with E-state index in [4.69, 9.17) is 4.74 Å². The smallest absolute Gasteiger partial charge is 0.258 e. The summed E-state index contributed by atoms with van der Waals surface area (Å²) in [6.07, 6.45) is 3.92. The largest absolute Gasteiger partial charge is 0.497 e. The second kappa shape index (κ2) is 12.7. The Balaban J connectivity index is 1.49. The van der Waals surface area contributed by atoms with Gasteiger partial charge >= 0.3 is 0 Å². The number of amides is 1. The van der Waals surface area contributed by atoms with Crippen molar-refractivity contribution < 1.29 is 17.9 Å². The fourth-order valence-electron chi connectivity index (χ4n) is 4.45. The van der Waals surface area contributed by atoms with Gasteiger partial charge in [-0.2, -0.15) is 4.31 Å². The van der Waals surface area contributed by atoms with Crippen LogP contribution in [0, 0.1) is 0 Å². The van der Waals surface area contributed by atoms with Crippen LogP contribution < -0.4 is 15.0 Å². The van der Waals surface area contributed by atoms with E-state index in [0.29, 0.717) is 34.7 Å². The molecule has 0 aliphatic carbocycles. The van der Waals surface area contributed by atoms with E-state index in [2.05, 4.69) is 12.2 Å². The third kappa shape index (κ3) is 6.78. The molecule has 1 amide bonds. The van der Waals surface area contributed by atoms with Crippen LogP contribution in [0.15, 0.2) is 70.9 Å². The van der Waals surface area contributed by atoms with Gasteiger partial charge in [0.1, 0.15) is 9.96 Å². The van der Waals surface area contributed by atoms with Crippen molar-refractivity contribution in [2.45, 2.75) is 49.4 Å². The summed E-state index contributed by atoms with van der Waals surface area (Å²) in [6, 6.07) is 20.3. The molecule has 1 aliphatic rings. The normalized spacial score (nSPS) is 15.0. The SMILES string of the molecule is CCCCNC1CCN(S(=O)(=O)c2ccc(CN(C(=O)c3cccc(OC)c3)c3ccccc3)s2)CC1. The summed E-state index contributed by atoms with van der Waals surface area (Å²) in [5.41, 5.74) is 1.24. The highest BCUT2D eigenvalue weighted by atomic mass is 32.2. The van der Waals surface area contributed by atoms with E-state index in [1.54, 1.807) is 46.6 Å². The van der Waals surface area contributed by atoms with Crippen LogP contribution in [-0.2, 0) is 16.6 Å². The third-order valence-corrected chi connectivity index (χ3v) is 10.0. The monoisotopic (exact) mass is 541 g/mol. The van der Waals surface area contributed by atoms with Gasteiger partial charge in [0, 0.05) is 35.3 Å². The van der Waals surface area contributed by atoms with Crippen LogP contribution in [0.3, 0.4) is 0 Å². The van der Waals surface area contributed by atoms with Crippen LogP contribution in [0.5, 0.6) is 5.75 Å². The highest BCUT2D eigenvalue weighted by Gasteiger charge is 2.30. The Morgan fingerprint density at radius 1 is 1.08 bits per heavy atom. The third-order valence-electron chi connectivity index (χ3n) is 6.59. The molecule has 0 saturated carbocycles. The Labute approximate surface area is 224 Å². The molecule has 1 N–H and O–H groups in total. The zero-order valence-corrected chi connectivity index (χ0v) is 23.1. The van der Waals surface area contributed by atoms with E-state index < -0.39 is 10.0 Å². The number of carbonyl (C=O) groups excluding carboxylic acids is 1. The van der Waals surface area contributed by atoms with Gasteiger partial charge in [-0.1, -0.05) is 37.6 Å². The Morgan fingerprint density at radius 3 is 2.54 bits per heavy atom. The van der Waals surface area contributed by atoms with Crippen LogP contribution in [-0.4, -0.2) is 51.4 Å². The van der Waals surface area contributed by atoms with Crippen LogP contribution in [0.2, 0.25) is 0 Å². The van der Waals surface area contributed by atoms with Gasteiger partial charge < -0.3 is 15.0 Å². The molecule has 0 radical (unpaired) electrons. The maximum absolute atomic E-state index is 13.5. The molecular formula is C28H35N3O4S2. The quantitative estimate of drug-likeness (QED) is 0.340. The Morgan fingerprint density at radius 2 is 1.84 bits per heavy atom. The maximum Gasteiger partial charge on any atom is 0.258 e. The Bertz CT molecular complexity index is 1270. The number of nitrogens with one attached hydrogen (secondary N) is 1. The number of ether oxygens (including phenoxy) is 1. The van der Waals surface area contributed by atoms with Crippen molar-refractivity contribution in [3.63, 3.8) is 0 Å². The first kappa shape index (κ1) is 27.3. The zero-order chi connectivity index (χ0) is 26.3. The second-order valence-electron chi connectivity index (χ2n) is 9.17. The van der Waals surface area contributed by atoms with E-state index in [9.17, 15) is 13.2 Å². The summed E-state index contributed by atoms with van der Waals surface area (Å²) in [6.45, 7) is 4.45.